The Hall–Kier alpha value is -1.21. The summed E-state index contributed by atoms with van der Waals surface area (Å²) in [6, 6.07) is 9.17. The van der Waals surface area contributed by atoms with Gasteiger partial charge < -0.3 is 19.5 Å². The first-order valence-corrected chi connectivity index (χ1v) is 11.2. The summed E-state index contributed by atoms with van der Waals surface area (Å²) < 4.78 is 17.1. The van der Waals surface area contributed by atoms with Crippen molar-refractivity contribution in [3.05, 3.63) is 56.5 Å². The van der Waals surface area contributed by atoms with Crippen molar-refractivity contribution in [3.8, 4) is 11.5 Å². The van der Waals surface area contributed by atoms with Gasteiger partial charge in [0, 0.05) is 43.8 Å². The third-order valence-electron chi connectivity index (χ3n) is 4.81. The van der Waals surface area contributed by atoms with E-state index in [0.717, 1.165) is 50.5 Å². The molecule has 0 unspecified atom stereocenters. The fraction of sp³-hybridized carbons (Fsp3) is 0.455. The summed E-state index contributed by atoms with van der Waals surface area (Å²) in [5.74, 6) is 1.27. The first kappa shape index (κ1) is 23.5. The van der Waals surface area contributed by atoms with E-state index in [1.807, 2.05) is 25.1 Å². The minimum Gasteiger partial charge on any atom is -0.490 e. The number of rotatable bonds is 10. The van der Waals surface area contributed by atoms with Crippen LogP contribution in [0.1, 0.15) is 18.1 Å². The van der Waals surface area contributed by atoms with Crippen molar-refractivity contribution < 1.29 is 14.2 Å². The van der Waals surface area contributed by atoms with Crippen LogP contribution in [-0.2, 0) is 17.9 Å². The predicted molar refractivity (Wildman–Crippen MR) is 122 cm³/mol. The maximum atomic E-state index is 6.52. The number of halogens is 3. The van der Waals surface area contributed by atoms with Crippen LogP contribution in [-0.4, -0.2) is 50.9 Å². The van der Waals surface area contributed by atoms with Gasteiger partial charge in [-0.1, -0.05) is 40.9 Å². The number of morpholine rings is 1. The minimum atomic E-state index is 0.338. The van der Waals surface area contributed by atoms with Crippen LogP contribution in [0.15, 0.2) is 30.3 Å². The Morgan fingerprint density at radius 2 is 1.73 bits per heavy atom. The zero-order chi connectivity index (χ0) is 21.3. The van der Waals surface area contributed by atoms with Crippen LogP contribution in [0, 0.1) is 0 Å². The van der Waals surface area contributed by atoms with Crippen molar-refractivity contribution in [3.63, 3.8) is 0 Å². The quantitative estimate of drug-likeness (QED) is 0.489. The smallest absolute Gasteiger partial charge is 0.163 e. The lowest BCUT2D eigenvalue weighted by Crippen LogP contribution is -2.40. The average Bonchev–Trinajstić information content (AvgIpc) is 2.75. The molecule has 1 fully saturated rings. The second-order valence-corrected chi connectivity index (χ2v) is 8.21. The minimum absolute atomic E-state index is 0.338. The molecule has 0 atom stereocenters. The lowest BCUT2D eigenvalue weighted by Gasteiger charge is -2.26. The molecule has 8 heteroatoms. The molecular weight excluding hydrogens is 447 g/mol. The highest BCUT2D eigenvalue weighted by atomic mass is 35.5. The molecule has 2 aromatic carbocycles. The van der Waals surface area contributed by atoms with Gasteiger partial charge in [0.05, 0.1) is 29.9 Å². The number of benzene rings is 2. The van der Waals surface area contributed by atoms with Crippen molar-refractivity contribution in [2.45, 2.75) is 20.1 Å². The van der Waals surface area contributed by atoms with Gasteiger partial charge in [-0.25, -0.2) is 0 Å². The Morgan fingerprint density at radius 1 is 0.967 bits per heavy atom. The molecule has 0 saturated carbocycles. The molecule has 0 aliphatic carbocycles. The highest BCUT2D eigenvalue weighted by Gasteiger charge is 2.13. The SMILES string of the molecule is CCOc1cc(CNCCN2CCOCC2)c(Cl)cc1OCc1ccc(Cl)c(Cl)c1. The van der Waals surface area contributed by atoms with Gasteiger partial charge in [0.1, 0.15) is 6.61 Å². The monoisotopic (exact) mass is 472 g/mol. The van der Waals surface area contributed by atoms with Crippen molar-refractivity contribution in [2.75, 3.05) is 46.0 Å². The van der Waals surface area contributed by atoms with Gasteiger partial charge in [0.25, 0.3) is 0 Å². The summed E-state index contributed by atoms with van der Waals surface area (Å²) in [4.78, 5) is 2.39. The molecule has 1 aliphatic heterocycles. The van der Waals surface area contributed by atoms with Gasteiger partial charge in [-0.2, -0.15) is 0 Å². The fourth-order valence-corrected chi connectivity index (χ4v) is 3.71. The van der Waals surface area contributed by atoms with Crippen LogP contribution < -0.4 is 14.8 Å². The molecule has 0 radical (unpaired) electrons. The molecule has 3 rings (SSSR count). The van der Waals surface area contributed by atoms with Crippen LogP contribution >= 0.6 is 34.8 Å². The molecule has 1 saturated heterocycles. The van der Waals surface area contributed by atoms with Crippen molar-refractivity contribution >= 4 is 34.8 Å². The fourth-order valence-electron chi connectivity index (χ4n) is 3.17. The Bertz CT molecular complexity index is 830. The van der Waals surface area contributed by atoms with Gasteiger partial charge in [0.15, 0.2) is 11.5 Å². The Kier molecular flexibility index (Phi) is 9.37. The summed E-state index contributed by atoms with van der Waals surface area (Å²) in [7, 11) is 0. The summed E-state index contributed by atoms with van der Waals surface area (Å²) in [6.07, 6.45) is 0. The van der Waals surface area contributed by atoms with E-state index in [1.54, 1.807) is 12.1 Å². The normalized spacial score (nSPS) is 14.7. The van der Waals surface area contributed by atoms with Crippen molar-refractivity contribution in [1.29, 1.82) is 0 Å². The van der Waals surface area contributed by atoms with Crippen molar-refractivity contribution in [2.24, 2.45) is 0 Å². The third-order valence-corrected chi connectivity index (χ3v) is 5.91. The molecule has 0 bridgehead atoms. The van der Waals surface area contributed by atoms with E-state index in [1.165, 1.54) is 0 Å². The Balaban J connectivity index is 1.58. The van der Waals surface area contributed by atoms with Gasteiger partial charge in [-0.3, -0.25) is 4.90 Å². The lowest BCUT2D eigenvalue weighted by molar-refractivity contribution is 0.0384. The zero-order valence-corrected chi connectivity index (χ0v) is 19.3. The first-order valence-electron chi connectivity index (χ1n) is 10.1. The maximum absolute atomic E-state index is 6.52. The van der Waals surface area contributed by atoms with E-state index >= 15 is 0 Å². The summed E-state index contributed by atoms with van der Waals surface area (Å²) >= 11 is 18.6. The molecule has 5 nitrogen and oxygen atoms in total. The van der Waals surface area contributed by atoms with Crippen LogP contribution in [0.4, 0.5) is 0 Å². The summed E-state index contributed by atoms with van der Waals surface area (Å²) in [6.45, 7) is 8.96. The van der Waals surface area contributed by atoms with E-state index in [0.29, 0.717) is 46.3 Å². The van der Waals surface area contributed by atoms with E-state index in [9.17, 15) is 0 Å². The predicted octanol–water partition coefficient (Wildman–Crippen LogP) is 5.05. The molecule has 0 aromatic heterocycles. The van der Waals surface area contributed by atoms with Gasteiger partial charge >= 0.3 is 0 Å². The lowest BCUT2D eigenvalue weighted by atomic mass is 10.2. The van der Waals surface area contributed by atoms with Crippen LogP contribution in [0.2, 0.25) is 15.1 Å². The summed E-state index contributed by atoms with van der Waals surface area (Å²) in [5.41, 5.74) is 1.89. The molecule has 164 valence electrons. The van der Waals surface area contributed by atoms with E-state index in [4.69, 9.17) is 49.0 Å². The highest BCUT2D eigenvalue weighted by molar-refractivity contribution is 6.42. The van der Waals surface area contributed by atoms with Gasteiger partial charge in [0.2, 0.25) is 0 Å². The number of ether oxygens (including phenoxy) is 3. The van der Waals surface area contributed by atoms with E-state index < -0.39 is 0 Å². The molecule has 0 spiro atoms. The first-order chi connectivity index (χ1) is 14.6. The summed E-state index contributed by atoms with van der Waals surface area (Å²) in [5, 5.41) is 5.11. The highest BCUT2D eigenvalue weighted by Crippen LogP contribution is 2.34. The van der Waals surface area contributed by atoms with Crippen LogP contribution in [0.3, 0.4) is 0 Å². The van der Waals surface area contributed by atoms with E-state index in [2.05, 4.69) is 10.2 Å². The molecule has 0 amide bonds. The average molecular weight is 474 g/mol. The number of nitrogens with one attached hydrogen (secondary N) is 1. The molecule has 30 heavy (non-hydrogen) atoms. The Morgan fingerprint density at radius 3 is 2.47 bits per heavy atom. The largest absolute Gasteiger partial charge is 0.490 e. The molecule has 2 aromatic rings. The maximum Gasteiger partial charge on any atom is 0.163 e. The standard InChI is InChI=1S/C22H27Cl3N2O3/c1-2-29-21-12-17(14-26-5-6-27-7-9-28-10-8-27)19(24)13-22(21)30-15-16-3-4-18(23)20(25)11-16/h3-4,11-13,26H,2,5-10,14-15H2,1H3. The van der Waals surface area contributed by atoms with Crippen LogP contribution in [0.25, 0.3) is 0 Å². The van der Waals surface area contributed by atoms with Gasteiger partial charge in [-0.15, -0.1) is 0 Å². The number of hydrogen-bond acceptors (Lipinski definition) is 5. The van der Waals surface area contributed by atoms with Crippen molar-refractivity contribution in [1.82, 2.24) is 10.2 Å². The zero-order valence-electron chi connectivity index (χ0n) is 17.1. The second-order valence-electron chi connectivity index (χ2n) is 6.99. The Labute approximate surface area is 193 Å². The second kappa shape index (κ2) is 12.0. The topological polar surface area (TPSA) is 43.0 Å². The van der Waals surface area contributed by atoms with Gasteiger partial charge in [-0.05, 0) is 36.2 Å². The third kappa shape index (κ3) is 6.91. The molecule has 1 aliphatic rings. The molecular formula is C22H27Cl3N2O3. The van der Waals surface area contributed by atoms with Crippen LogP contribution in [0.5, 0.6) is 11.5 Å². The number of nitrogens with zero attached hydrogens (tertiary/aromatic N) is 1. The van der Waals surface area contributed by atoms with E-state index in [-0.39, 0.29) is 0 Å². The molecule has 1 N–H and O–H groups in total. The molecule has 1 heterocycles. The number of hydrogen-bond donors (Lipinski definition) is 1.